The number of benzene rings is 1. The van der Waals surface area contributed by atoms with E-state index in [0.717, 1.165) is 12.8 Å². The molecule has 25 heavy (non-hydrogen) atoms. The summed E-state index contributed by atoms with van der Waals surface area (Å²) in [4.78, 5) is 25.0. The van der Waals surface area contributed by atoms with Crippen LogP contribution >= 0.6 is 23.2 Å². The van der Waals surface area contributed by atoms with Crippen LogP contribution in [0, 0.1) is 17.8 Å². The normalized spacial score (nSPS) is 26.5. The van der Waals surface area contributed by atoms with Crippen molar-refractivity contribution in [2.75, 3.05) is 6.54 Å². The molecule has 1 aliphatic carbocycles. The van der Waals surface area contributed by atoms with Gasteiger partial charge in [-0.15, -0.1) is 0 Å². The van der Waals surface area contributed by atoms with E-state index in [1.807, 2.05) is 20.8 Å². The maximum atomic E-state index is 12.7. The summed E-state index contributed by atoms with van der Waals surface area (Å²) in [7, 11) is 0. The molecule has 1 fully saturated rings. The summed E-state index contributed by atoms with van der Waals surface area (Å²) in [5, 5.41) is 14.3. The van der Waals surface area contributed by atoms with Gasteiger partial charge in [-0.2, -0.15) is 0 Å². The zero-order valence-corrected chi connectivity index (χ0v) is 16.3. The van der Waals surface area contributed by atoms with Crippen molar-refractivity contribution in [1.82, 2.24) is 5.32 Å². The highest BCUT2D eigenvalue weighted by atomic mass is 35.5. The summed E-state index contributed by atoms with van der Waals surface area (Å²) in [6.45, 7) is 5.85. The lowest BCUT2D eigenvalue weighted by Gasteiger charge is -2.43. The predicted molar refractivity (Wildman–Crippen MR) is 100 cm³/mol. The molecule has 0 bridgehead atoms. The molecule has 3 atom stereocenters. The summed E-state index contributed by atoms with van der Waals surface area (Å²) in [5.74, 6) is -0.450. The Hall–Kier alpha value is -1.10. The van der Waals surface area contributed by atoms with Gasteiger partial charge in [0.05, 0.1) is 11.6 Å². The summed E-state index contributed by atoms with van der Waals surface area (Å²) < 4.78 is 0. The number of nitrogens with one attached hydrogen (secondary N) is 1. The lowest BCUT2D eigenvalue weighted by Crippen LogP contribution is -2.57. The van der Waals surface area contributed by atoms with E-state index in [1.54, 1.807) is 6.07 Å². The van der Waals surface area contributed by atoms with E-state index in [1.165, 1.54) is 12.1 Å². The Morgan fingerprint density at radius 2 is 2.00 bits per heavy atom. The average molecular weight is 386 g/mol. The van der Waals surface area contributed by atoms with E-state index < -0.39 is 11.5 Å². The fourth-order valence-electron chi connectivity index (χ4n) is 3.76. The molecule has 2 rings (SSSR count). The minimum absolute atomic E-state index is 0.113. The van der Waals surface area contributed by atoms with Crippen molar-refractivity contribution in [3.05, 3.63) is 33.8 Å². The molecule has 0 radical (unpaired) electrons. The van der Waals surface area contributed by atoms with Crippen LogP contribution in [0.1, 0.15) is 50.4 Å². The lowest BCUT2D eigenvalue weighted by atomic mass is 9.66. The highest BCUT2D eigenvalue weighted by Crippen LogP contribution is 2.41. The molecule has 1 aliphatic rings. The maximum absolute atomic E-state index is 12.7. The minimum atomic E-state index is -1.43. The highest BCUT2D eigenvalue weighted by Gasteiger charge is 2.48. The largest absolute Gasteiger partial charge is 0.380 e. The fourth-order valence-corrected chi connectivity index (χ4v) is 4.27. The molecule has 0 heterocycles. The maximum Gasteiger partial charge on any atom is 0.252 e. The molecule has 2 N–H and O–H groups in total. The molecule has 4 nitrogen and oxygen atoms in total. The average Bonchev–Trinajstić information content (AvgIpc) is 2.51. The molecule has 0 aliphatic heterocycles. The number of amides is 1. The predicted octanol–water partition coefficient (Wildman–Crippen LogP) is 4.12. The van der Waals surface area contributed by atoms with Gasteiger partial charge in [0.2, 0.25) is 0 Å². The summed E-state index contributed by atoms with van der Waals surface area (Å²) in [5.41, 5.74) is -1.13. The second kappa shape index (κ2) is 8.07. The Morgan fingerprint density at radius 3 is 2.60 bits per heavy atom. The molecule has 1 aromatic rings. The topological polar surface area (TPSA) is 66.4 Å². The second-order valence-electron chi connectivity index (χ2n) is 7.39. The number of rotatable bonds is 5. The van der Waals surface area contributed by atoms with E-state index in [2.05, 4.69) is 5.32 Å². The number of carbonyl (C=O) groups is 2. The van der Waals surface area contributed by atoms with Gasteiger partial charge in [-0.1, -0.05) is 50.4 Å². The van der Waals surface area contributed by atoms with E-state index in [9.17, 15) is 14.7 Å². The Morgan fingerprint density at radius 1 is 1.32 bits per heavy atom. The highest BCUT2D eigenvalue weighted by molar-refractivity contribution is 6.36. The zero-order chi connectivity index (χ0) is 18.8. The van der Waals surface area contributed by atoms with Crippen LogP contribution in [0.3, 0.4) is 0 Å². The Labute approximate surface area is 158 Å². The van der Waals surface area contributed by atoms with Crippen molar-refractivity contribution in [2.45, 2.75) is 45.6 Å². The number of halogens is 2. The van der Waals surface area contributed by atoms with Crippen molar-refractivity contribution in [1.29, 1.82) is 0 Å². The minimum Gasteiger partial charge on any atom is -0.380 e. The van der Waals surface area contributed by atoms with Crippen LogP contribution in [0.5, 0.6) is 0 Å². The van der Waals surface area contributed by atoms with Gasteiger partial charge in [-0.05, 0) is 48.8 Å². The van der Waals surface area contributed by atoms with Crippen molar-refractivity contribution in [3.63, 3.8) is 0 Å². The van der Waals surface area contributed by atoms with Gasteiger partial charge >= 0.3 is 0 Å². The Bertz CT molecular complexity index is 662. The Balaban J connectivity index is 2.08. The van der Waals surface area contributed by atoms with Gasteiger partial charge in [0.15, 0.2) is 5.78 Å². The van der Waals surface area contributed by atoms with Crippen LogP contribution in [-0.4, -0.2) is 28.9 Å². The summed E-state index contributed by atoms with van der Waals surface area (Å²) in [6.07, 6.45) is 2.22. The Kier molecular flexibility index (Phi) is 6.52. The van der Waals surface area contributed by atoms with Gasteiger partial charge in [-0.3, -0.25) is 9.59 Å². The molecule has 1 amide bonds. The number of Topliss-reactive ketones (excluding diaryl/α,β-unsaturated/α-hetero) is 1. The van der Waals surface area contributed by atoms with Crippen molar-refractivity contribution < 1.29 is 14.7 Å². The smallest absolute Gasteiger partial charge is 0.252 e. The molecule has 0 aromatic heterocycles. The van der Waals surface area contributed by atoms with Gasteiger partial charge in [0, 0.05) is 10.6 Å². The molecule has 6 heteroatoms. The molecule has 1 aromatic carbocycles. The quantitative estimate of drug-likeness (QED) is 0.749. The third kappa shape index (κ3) is 4.55. The van der Waals surface area contributed by atoms with Crippen molar-refractivity contribution >= 4 is 34.9 Å². The van der Waals surface area contributed by atoms with Crippen LogP contribution in [0.4, 0.5) is 0 Å². The molecular formula is C19H25Cl2NO3. The molecule has 138 valence electrons. The van der Waals surface area contributed by atoms with Crippen LogP contribution in [0.25, 0.3) is 0 Å². The van der Waals surface area contributed by atoms with Crippen LogP contribution < -0.4 is 5.32 Å². The molecule has 0 unspecified atom stereocenters. The van der Waals surface area contributed by atoms with E-state index in [-0.39, 0.29) is 35.1 Å². The number of hydrogen-bond donors (Lipinski definition) is 2. The van der Waals surface area contributed by atoms with Gasteiger partial charge in [0.25, 0.3) is 5.91 Å². The van der Waals surface area contributed by atoms with Crippen molar-refractivity contribution in [3.8, 4) is 0 Å². The van der Waals surface area contributed by atoms with Gasteiger partial charge in [-0.25, -0.2) is 0 Å². The van der Waals surface area contributed by atoms with Gasteiger partial charge in [0.1, 0.15) is 5.60 Å². The third-order valence-electron chi connectivity index (χ3n) is 5.08. The summed E-state index contributed by atoms with van der Waals surface area (Å²) >= 11 is 11.9. The van der Waals surface area contributed by atoms with E-state index in [4.69, 9.17) is 23.2 Å². The number of aliphatic hydroxyl groups is 1. The zero-order valence-electron chi connectivity index (χ0n) is 14.8. The second-order valence-corrected chi connectivity index (χ2v) is 8.24. The lowest BCUT2D eigenvalue weighted by molar-refractivity contribution is -0.155. The van der Waals surface area contributed by atoms with Crippen LogP contribution in [-0.2, 0) is 4.79 Å². The van der Waals surface area contributed by atoms with Crippen LogP contribution in [0.2, 0.25) is 10.0 Å². The first-order valence-electron chi connectivity index (χ1n) is 8.64. The number of carbonyl (C=O) groups excluding carboxylic acids is 2. The number of ketones is 1. The van der Waals surface area contributed by atoms with E-state index in [0.29, 0.717) is 17.0 Å². The number of hydrogen-bond acceptors (Lipinski definition) is 3. The third-order valence-corrected chi connectivity index (χ3v) is 5.63. The van der Waals surface area contributed by atoms with Gasteiger partial charge < -0.3 is 10.4 Å². The fraction of sp³-hybridized carbons (Fsp3) is 0.579. The van der Waals surface area contributed by atoms with E-state index >= 15 is 0 Å². The summed E-state index contributed by atoms with van der Waals surface area (Å²) in [6, 6.07) is 4.60. The van der Waals surface area contributed by atoms with Crippen molar-refractivity contribution in [2.24, 2.45) is 17.8 Å². The van der Waals surface area contributed by atoms with Crippen LogP contribution in [0.15, 0.2) is 18.2 Å². The monoisotopic (exact) mass is 385 g/mol. The standard InChI is InChI=1S/C19H25Cl2NO3/c1-11(2)15-7-4-12(3)9-19(15,25)18(24)22-10-17(23)14-6-5-13(20)8-16(14)21/h5-6,8,11-12,15,25H,4,7,9-10H2,1-3H3,(H,22,24)/t12-,15+,19+/m1/s1. The first-order valence-corrected chi connectivity index (χ1v) is 9.39. The molecule has 1 saturated carbocycles. The SMILES string of the molecule is CC(C)[C@@H]1CC[C@@H](C)C[C@@]1(O)C(=O)NCC(=O)c1ccc(Cl)cc1Cl. The molecule has 0 spiro atoms. The molecular weight excluding hydrogens is 361 g/mol. The first kappa shape index (κ1) is 20.2. The first-order chi connectivity index (χ1) is 11.6. The molecule has 0 saturated heterocycles.